The first kappa shape index (κ1) is 19.9. The largest absolute Gasteiger partial charge is 0.417 e. The number of allylic oxidation sites excluding steroid dienone is 1. The number of hydrogen-bond acceptors (Lipinski definition) is 1. The monoisotopic (exact) mass is 298 g/mol. The van der Waals surface area contributed by atoms with Crippen LogP contribution in [0.1, 0.15) is 60.8 Å². The Balaban J connectivity index is 4.11. The number of hydrogen-bond donors (Lipinski definition) is 0. The Morgan fingerprint density at radius 3 is 1.95 bits per heavy atom. The van der Waals surface area contributed by atoms with Crippen molar-refractivity contribution in [1.29, 1.82) is 0 Å². The van der Waals surface area contributed by atoms with Crippen LogP contribution < -0.4 is 0 Å². The van der Waals surface area contributed by atoms with Gasteiger partial charge in [0.05, 0.1) is 0 Å². The van der Waals surface area contributed by atoms with Gasteiger partial charge < -0.3 is 4.43 Å². The van der Waals surface area contributed by atoms with E-state index in [2.05, 4.69) is 61.2 Å². The lowest BCUT2D eigenvalue weighted by atomic mass is 9.88. The Morgan fingerprint density at radius 1 is 1.00 bits per heavy atom. The topological polar surface area (TPSA) is 9.23 Å². The molecule has 2 heteroatoms. The SMILES string of the molecule is C=CC[C@@H](C)C[C@@H](C)C[C@@H](C)CO[Si](C)(C)C(C)(C)C. The highest BCUT2D eigenvalue weighted by Crippen LogP contribution is 2.37. The molecule has 0 radical (unpaired) electrons. The summed E-state index contributed by atoms with van der Waals surface area (Å²) in [5, 5.41) is 0.316. The van der Waals surface area contributed by atoms with Gasteiger partial charge in [-0.05, 0) is 55.1 Å². The van der Waals surface area contributed by atoms with Crippen molar-refractivity contribution in [1.82, 2.24) is 0 Å². The molecule has 0 saturated carbocycles. The van der Waals surface area contributed by atoms with Crippen LogP contribution in [0.5, 0.6) is 0 Å². The fraction of sp³-hybridized carbons (Fsp3) is 0.889. The van der Waals surface area contributed by atoms with E-state index in [1.807, 2.05) is 6.08 Å². The third kappa shape index (κ3) is 7.63. The Labute approximate surface area is 129 Å². The minimum atomic E-state index is -1.58. The van der Waals surface area contributed by atoms with Crippen molar-refractivity contribution >= 4 is 8.32 Å². The van der Waals surface area contributed by atoms with Crippen LogP contribution in [-0.2, 0) is 4.43 Å². The summed E-state index contributed by atoms with van der Waals surface area (Å²) in [7, 11) is -1.58. The van der Waals surface area contributed by atoms with E-state index < -0.39 is 8.32 Å². The van der Waals surface area contributed by atoms with Gasteiger partial charge in [-0.15, -0.1) is 6.58 Å². The van der Waals surface area contributed by atoms with E-state index in [0.717, 1.165) is 24.9 Å². The van der Waals surface area contributed by atoms with Crippen LogP contribution in [0.15, 0.2) is 12.7 Å². The average molecular weight is 299 g/mol. The Kier molecular flexibility index (Phi) is 8.35. The van der Waals surface area contributed by atoms with E-state index in [4.69, 9.17) is 4.43 Å². The predicted molar refractivity (Wildman–Crippen MR) is 94.7 cm³/mol. The highest BCUT2D eigenvalue weighted by molar-refractivity contribution is 6.74. The lowest BCUT2D eigenvalue weighted by molar-refractivity contribution is 0.210. The lowest BCUT2D eigenvalue weighted by Crippen LogP contribution is -2.41. The normalized spacial score (nSPS) is 17.6. The fourth-order valence-electron chi connectivity index (χ4n) is 2.49. The van der Waals surface area contributed by atoms with Crippen molar-refractivity contribution in [2.75, 3.05) is 6.61 Å². The van der Waals surface area contributed by atoms with Gasteiger partial charge in [0.25, 0.3) is 0 Å². The predicted octanol–water partition coefficient (Wildman–Crippen LogP) is 6.27. The van der Waals surface area contributed by atoms with Gasteiger partial charge in [0.1, 0.15) is 0 Å². The fourth-order valence-corrected chi connectivity index (χ4v) is 3.62. The van der Waals surface area contributed by atoms with Crippen molar-refractivity contribution in [3.8, 4) is 0 Å². The zero-order valence-corrected chi connectivity index (χ0v) is 16.3. The van der Waals surface area contributed by atoms with Crippen molar-refractivity contribution in [2.45, 2.75) is 78.9 Å². The molecule has 0 fully saturated rings. The summed E-state index contributed by atoms with van der Waals surface area (Å²) in [5.74, 6) is 2.20. The molecule has 0 aliphatic heterocycles. The molecule has 0 aliphatic carbocycles. The van der Waals surface area contributed by atoms with E-state index in [0.29, 0.717) is 11.0 Å². The highest BCUT2D eigenvalue weighted by Gasteiger charge is 2.37. The molecule has 120 valence electrons. The average Bonchev–Trinajstić information content (AvgIpc) is 2.24. The molecule has 0 spiro atoms. The van der Waals surface area contributed by atoms with Crippen LogP contribution in [-0.4, -0.2) is 14.9 Å². The van der Waals surface area contributed by atoms with Crippen molar-refractivity contribution in [2.24, 2.45) is 17.8 Å². The van der Waals surface area contributed by atoms with Gasteiger partial charge in [-0.1, -0.05) is 47.6 Å². The second kappa shape index (κ2) is 8.38. The summed E-state index contributed by atoms with van der Waals surface area (Å²) in [4.78, 5) is 0. The summed E-state index contributed by atoms with van der Waals surface area (Å²) < 4.78 is 6.33. The second-order valence-corrected chi connectivity index (χ2v) is 13.2. The second-order valence-electron chi connectivity index (χ2n) is 8.38. The third-order valence-corrected chi connectivity index (χ3v) is 9.21. The first-order valence-electron chi connectivity index (χ1n) is 8.24. The van der Waals surface area contributed by atoms with Crippen LogP contribution >= 0.6 is 0 Å². The lowest BCUT2D eigenvalue weighted by Gasteiger charge is -2.37. The maximum absolute atomic E-state index is 6.33. The molecule has 3 atom stereocenters. The van der Waals surface area contributed by atoms with Crippen molar-refractivity contribution in [3.05, 3.63) is 12.7 Å². The molecule has 0 rings (SSSR count). The molecule has 0 aromatic heterocycles. The molecule has 0 N–H and O–H groups in total. The molecule has 0 unspecified atom stereocenters. The third-order valence-electron chi connectivity index (χ3n) is 4.71. The van der Waals surface area contributed by atoms with Gasteiger partial charge in [-0.3, -0.25) is 0 Å². The molecule has 0 aromatic rings. The van der Waals surface area contributed by atoms with Gasteiger partial charge in [0.15, 0.2) is 8.32 Å². The van der Waals surface area contributed by atoms with E-state index in [-0.39, 0.29) is 0 Å². The molecule has 20 heavy (non-hydrogen) atoms. The molecule has 1 nitrogen and oxygen atoms in total. The molecule has 0 amide bonds. The van der Waals surface area contributed by atoms with Gasteiger partial charge in [-0.2, -0.15) is 0 Å². The van der Waals surface area contributed by atoms with Crippen LogP contribution in [0.2, 0.25) is 18.1 Å². The Morgan fingerprint density at radius 2 is 1.50 bits per heavy atom. The summed E-state index contributed by atoms with van der Waals surface area (Å²) in [6.45, 7) is 23.4. The quantitative estimate of drug-likeness (QED) is 0.360. The van der Waals surface area contributed by atoms with Crippen molar-refractivity contribution in [3.63, 3.8) is 0 Å². The summed E-state index contributed by atoms with van der Waals surface area (Å²) >= 11 is 0. The number of rotatable bonds is 9. The summed E-state index contributed by atoms with van der Waals surface area (Å²) in [5.41, 5.74) is 0. The first-order valence-corrected chi connectivity index (χ1v) is 11.1. The minimum absolute atomic E-state index is 0.316. The van der Waals surface area contributed by atoms with E-state index in [1.54, 1.807) is 0 Å². The Bertz CT molecular complexity index is 278. The van der Waals surface area contributed by atoms with E-state index in [9.17, 15) is 0 Å². The molecule has 0 aromatic carbocycles. The summed E-state index contributed by atoms with van der Waals surface area (Å²) in [6, 6.07) is 0. The van der Waals surface area contributed by atoms with Gasteiger partial charge in [0.2, 0.25) is 0 Å². The molecule has 0 bridgehead atoms. The Hall–Kier alpha value is -0.0831. The molecular weight excluding hydrogens is 260 g/mol. The maximum atomic E-state index is 6.33. The molecule has 0 heterocycles. The van der Waals surface area contributed by atoms with Crippen LogP contribution in [0, 0.1) is 17.8 Å². The smallest absolute Gasteiger partial charge is 0.191 e. The van der Waals surface area contributed by atoms with Crippen LogP contribution in [0.25, 0.3) is 0 Å². The molecule has 0 saturated heterocycles. The van der Waals surface area contributed by atoms with E-state index in [1.165, 1.54) is 12.8 Å². The molecule has 0 aliphatic rings. The molecular formula is C18H38OSi. The van der Waals surface area contributed by atoms with Crippen LogP contribution in [0.4, 0.5) is 0 Å². The first-order chi connectivity index (χ1) is 8.99. The zero-order valence-electron chi connectivity index (χ0n) is 15.3. The highest BCUT2D eigenvalue weighted by atomic mass is 28.4. The van der Waals surface area contributed by atoms with Gasteiger partial charge >= 0.3 is 0 Å². The van der Waals surface area contributed by atoms with E-state index >= 15 is 0 Å². The van der Waals surface area contributed by atoms with Crippen LogP contribution in [0.3, 0.4) is 0 Å². The van der Waals surface area contributed by atoms with Gasteiger partial charge in [-0.25, -0.2) is 0 Å². The maximum Gasteiger partial charge on any atom is 0.191 e. The van der Waals surface area contributed by atoms with Gasteiger partial charge in [0, 0.05) is 6.61 Å². The van der Waals surface area contributed by atoms with Crippen molar-refractivity contribution < 1.29 is 4.43 Å². The minimum Gasteiger partial charge on any atom is -0.417 e. The zero-order chi connectivity index (χ0) is 16.0. The summed E-state index contributed by atoms with van der Waals surface area (Å²) in [6.07, 6.45) is 5.76. The standard InChI is InChI=1S/C18H38OSi/c1-10-11-15(2)12-16(3)13-17(4)14-19-20(8,9)18(5,6)7/h10,15-17H,1,11-14H2,2-9H3/t15-,16-,17-/m1/s1.